The highest BCUT2D eigenvalue weighted by molar-refractivity contribution is 9.10. The zero-order valence-electron chi connectivity index (χ0n) is 17.5. The number of benzene rings is 1. The van der Waals surface area contributed by atoms with Crippen LogP contribution in [0, 0.1) is 0 Å². The third-order valence-electron chi connectivity index (χ3n) is 5.60. The minimum atomic E-state index is -0.0162. The first-order chi connectivity index (χ1) is 14.9. The maximum absolute atomic E-state index is 6.20. The molecule has 9 N–H and O–H groups in total. The molecule has 0 aliphatic carbocycles. The third-order valence-corrected chi connectivity index (χ3v) is 6.38. The van der Waals surface area contributed by atoms with Gasteiger partial charge < -0.3 is 38.1 Å². The van der Waals surface area contributed by atoms with Crippen LogP contribution < -0.4 is 38.1 Å². The number of aromatic nitrogens is 3. The van der Waals surface area contributed by atoms with Gasteiger partial charge in [-0.2, -0.15) is 15.0 Å². The summed E-state index contributed by atoms with van der Waals surface area (Å²) >= 11 is 3.59. The Morgan fingerprint density at radius 1 is 0.806 bits per heavy atom. The van der Waals surface area contributed by atoms with Crippen molar-refractivity contribution in [2.24, 2.45) is 22.9 Å². The van der Waals surface area contributed by atoms with Crippen molar-refractivity contribution in [3.8, 4) is 0 Å². The molecule has 2 aromatic rings. The van der Waals surface area contributed by atoms with E-state index < -0.39 is 0 Å². The lowest BCUT2D eigenvalue weighted by Gasteiger charge is -2.37. The summed E-state index contributed by atoms with van der Waals surface area (Å²) in [4.78, 5) is 18.2. The van der Waals surface area contributed by atoms with Gasteiger partial charge in [-0.15, -0.1) is 0 Å². The van der Waals surface area contributed by atoms with Crippen molar-refractivity contribution in [2.45, 2.75) is 43.6 Å². The third kappa shape index (κ3) is 5.60. The Morgan fingerprint density at radius 3 is 1.77 bits per heavy atom. The van der Waals surface area contributed by atoms with Gasteiger partial charge in [0.05, 0.1) is 0 Å². The number of hydrogen-bond acceptors (Lipinski definition) is 10. The van der Waals surface area contributed by atoms with Gasteiger partial charge in [0.1, 0.15) is 0 Å². The lowest BCUT2D eigenvalue weighted by Crippen LogP contribution is -2.54. The van der Waals surface area contributed by atoms with E-state index in [1.807, 2.05) is 34.1 Å². The van der Waals surface area contributed by atoms with Crippen LogP contribution in [0.4, 0.5) is 17.8 Å². The van der Waals surface area contributed by atoms with E-state index in [0.29, 0.717) is 50.6 Å². The Labute approximate surface area is 190 Å². The van der Waals surface area contributed by atoms with E-state index in [1.54, 1.807) is 0 Å². The SMILES string of the molecule is N[C@@H]1C[C@H](N)CN(c2nc(NCc3ccccc3Br)nc(N3C[C@H](N)C[C@H](N)C3)n2)C1. The number of anilines is 3. The Kier molecular flexibility index (Phi) is 6.87. The second-order valence-corrected chi connectivity index (χ2v) is 9.38. The number of nitrogens with zero attached hydrogens (tertiary/aromatic N) is 5. The molecule has 2 aliphatic rings. The molecule has 0 radical (unpaired) electrons. The minimum Gasteiger partial charge on any atom is -0.350 e. The second-order valence-electron chi connectivity index (χ2n) is 8.53. The molecule has 168 valence electrons. The fourth-order valence-electron chi connectivity index (χ4n) is 4.22. The molecule has 0 saturated carbocycles. The van der Waals surface area contributed by atoms with Crippen molar-refractivity contribution in [3.05, 3.63) is 34.3 Å². The maximum atomic E-state index is 6.20. The summed E-state index contributed by atoms with van der Waals surface area (Å²) in [5.41, 5.74) is 25.9. The fraction of sp³-hybridized carbons (Fsp3) is 0.550. The number of nitrogens with one attached hydrogen (secondary N) is 1. The van der Waals surface area contributed by atoms with Crippen LogP contribution in [0.5, 0.6) is 0 Å². The van der Waals surface area contributed by atoms with Gasteiger partial charge in [-0.25, -0.2) is 0 Å². The topological polar surface area (TPSA) is 161 Å². The summed E-state index contributed by atoms with van der Waals surface area (Å²) in [7, 11) is 0. The van der Waals surface area contributed by atoms with E-state index >= 15 is 0 Å². The molecule has 0 unspecified atom stereocenters. The van der Waals surface area contributed by atoms with Gasteiger partial charge >= 0.3 is 0 Å². The second kappa shape index (κ2) is 9.61. The first kappa shape index (κ1) is 22.2. The van der Waals surface area contributed by atoms with Gasteiger partial charge in [0, 0.05) is 61.4 Å². The lowest BCUT2D eigenvalue weighted by molar-refractivity contribution is 0.441. The van der Waals surface area contributed by atoms with Crippen molar-refractivity contribution >= 4 is 33.8 Å². The van der Waals surface area contributed by atoms with E-state index in [4.69, 9.17) is 27.9 Å². The van der Waals surface area contributed by atoms with E-state index in [9.17, 15) is 0 Å². The van der Waals surface area contributed by atoms with Gasteiger partial charge in [0.2, 0.25) is 17.8 Å². The van der Waals surface area contributed by atoms with Crippen molar-refractivity contribution in [2.75, 3.05) is 41.3 Å². The summed E-state index contributed by atoms with van der Waals surface area (Å²) in [6.07, 6.45) is 1.58. The molecule has 2 aliphatic heterocycles. The molecule has 2 fully saturated rings. The molecule has 0 spiro atoms. The van der Waals surface area contributed by atoms with Crippen LogP contribution in [0.3, 0.4) is 0 Å². The van der Waals surface area contributed by atoms with Crippen LogP contribution in [0.1, 0.15) is 18.4 Å². The van der Waals surface area contributed by atoms with Crippen LogP contribution in [-0.4, -0.2) is 65.3 Å². The monoisotopic (exact) mass is 490 g/mol. The summed E-state index contributed by atoms with van der Waals surface area (Å²) in [5.74, 6) is 1.63. The largest absolute Gasteiger partial charge is 0.350 e. The standard InChI is InChI=1S/C20H31BrN10/c21-17-4-2-1-3-12(17)7-26-18-27-19(30-8-13(22)5-14(23)9-30)29-20(28-18)31-10-15(24)6-16(25)11-31/h1-4,13-16H,5-11,22-25H2,(H,26,27,28,29)/t13-,14+,15-,16+. The van der Waals surface area contributed by atoms with Crippen LogP contribution in [0.2, 0.25) is 0 Å². The van der Waals surface area contributed by atoms with Crippen molar-refractivity contribution in [3.63, 3.8) is 0 Å². The van der Waals surface area contributed by atoms with E-state index in [2.05, 4.69) is 31.2 Å². The molecule has 0 amide bonds. The Morgan fingerprint density at radius 2 is 1.29 bits per heavy atom. The number of halogens is 1. The predicted octanol–water partition coefficient (Wildman–Crippen LogP) is -0.0244. The van der Waals surface area contributed by atoms with Crippen LogP contribution in [0.15, 0.2) is 28.7 Å². The average molecular weight is 491 g/mol. The van der Waals surface area contributed by atoms with Gasteiger partial charge in [-0.05, 0) is 24.5 Å². The van der Waals surface area contributed by atoms with Gasteiger partial charge in [0.25, 0.3) is 0 Å². The fourth-order valence-corrected chi connectivity index (χ4v) is 4.64. The lowest BCUT2D eigenvalue weighted by atomic mass is 10.0. The molecule has 0 bridgehead atoms. The predicted molar refractivity (Wildman–Crippen MR) is 127 cm³/mol. The first-order valence-corrected chi connectivity index (χ1v) is 11.4. The number of piperidine rings is 2. The molecule has 2 saturated heterocycles. The van der Waals surface area contributed by atoms with Gasteiger partial charge in [-0.3, -0.25) is 0 Å². The molecular weight excluding hydrogens is 460 g/mol. The van der Waals surface area contributed by atoms with Crippen molar-refractivity contribution < 1.29 is 0 Å². The highest BCUT2D eigenvalue weighted by Crippen LogP contribution is 2.23. The smallest absolute Gasteiger partial charge is 0.232 e. The molecule has 4 rings (SSSR count). The van der Waals surface area contributed by atoms with Crippen molar-refractivity contribution in [1.29, 1.82) is 0 Å². The zero-order chi connectivity index (χ0) is 22.0. The molecule has 1 aromatic heterocycles. The van der Waals surface area contributed by atoms with Gasteiger partial charge in [-0.1, -0.05) is 34.1 Å². The highest BCUT2D eigenvalue weighted by atomic mass is 79.9. The first-order valence-electron chi connectivity index (χ1n) is 10.6. The van der Waals surface area contributed by atoms with E-state index in [0.717, 1.165) is 22.9 Å². The molecular formula is C20H31BrN10. The molecule has 31 heavy (non-hydrogen) atoms. The zero-order valence-corrected chi connectivity index (χ0v) is 19.1. The molecule has 4 atom stereocenters. The van der Waals surface area contributed by atoms with Crippen molar-refractivity contribution in [1.82, 2.24) is 15.0 Å². The Bertz CT molecular complexity index is 832. The summed E-state index contributed by atoms with van der Waals surface area (Å²) in [6.45, 7) is 3.18. The minimum absolute atomic E-state index is 0.0162. The van der Waals surface area contributed by atoms with Crippen LogP contribution >= 0.6 is 15.9 Å². The van der Waals surface area contributed by atoms with Crippen LogP contribution in [0.25, 0.3) is 0 Å². The molecule has 1 aromatic carbocycles. The molecule has 10 nitrogen and oxygen atoms in total. The molecule has 11 heteroatoms. The Hall–Kier alpha value is -2.05. The summed E-state index contributed by atoms with van der Waals surface area (Å²) in [5, 5.41) is 3.34. The van der Waals surface area contributed by atoms with Crippen LogP contribution in [-0.2, 0) is 6.54 Å². The quantitative estimate of drug-likeness (QED) is 0.384. The number of hydrogen-bond donors (Lipinski definition) is 5. The summed E-state index contributed by atoms with van der Waals surface area (Å²) in [6, 6.07) is 7.97. The van der Waals surface area contributed by atoms with E-state index in [1.165, 1.54) is 0 Å². The normalized spacial score (nSPS) is 26.7. The highest BCUT2D eigenvalue weighted by Gasteiger charge is 2.28. The van der Waals surface area contributed by atoms with Gasteiger partial charge in [0.15, 0.2) is 0 Å². The number of nitrogens with two attached hydrogens (primary N) is 4. The molecule has 3 heterocycles. The Balaban J connectivity index is 1.62. The number of rotatable bonds is 5. The average Bonchev–Trinajstić information content (AvgIpc) is 2.71. The maximum Gasteiger partial charge on any atom is 0.232 e. The summed E-state index contributed by atoms with van der Waals surface area (Å²) < 4.78 is 1.03. The van der Waals surface area contributed by atoms with E-state index in [-0.39, 0.29) is 24.2 Å².